The van der Waals surface area contributed by atoms with E-state index in [-0.39, 0.29) is 22.3 Å². The molecule has 28 heavy (non-hydrogen) atoms. The molecule has 1 aromatic carbocycles. The number of anilines is 2. The number of aromatic nitrogens is 3. The van der Waals surface area contributed by atoms with E-state index in [0.717, 1.165) is 11.0 Å². The second-order valence-electron chi connectivity index (χ2n) is 7.47. The van der Waals surface area contributed by atoms with Gasteiger partial charge in [-0.1, -0.05) is 18.5 Å². The molecule has 146 valence electrons. The number of nitriles is 1. The number of hydrogen-bond acceptors (Lipinski definition) is 5. The minimum Gasteiger partial charge on any atom is -0.390 e. The van der Waals surface area contributed by atoms with Crippen LogP contribution in [-0.4, -0.2) is 24.8 Å². The fourth-order valence-electron chi connectivity index (χ4n) is 2.96. The van der Waals surface area contributed by atoms with Crippen LogP contribution in [0.5, 0.6) is 0 Å². The van der Waals surface area contributed by atoms with E-state index in [0.29, 0.717) is 17.9 Å². The fraction of sp³-hybridized carbons (Fsp3) is 0.350. The van der Waals surface area contributed by atoms with Crippen molar-refractivity contribution in [2.24, 2.45) is 13.0 Å². The maximum atomic E-state index is 12.7. The molecule has 1 unspecified atom stereocenters. The van der Waals surface area contributed by atoms with Gasteiger partial charge in [-0.2, -0.15) is 5.26 Å². The van der Waals surface area contributed by atoms with Crippen molar-refractivity contribution in [3.63, 3.8) is 0 Å². The highest BCUT2D eigenvalue weighted by molar-refractivity contribution is 6.31. The van der Waals surface area contributed by atoms with E-state index in [1.54, 1.807) is 36.1 Å². The standard InChI is InChI=1S/C20H22ClN5O2/c1-12(20(2,3)28)11-26-17-9-13(5-6-16(17)25(4)19(26)27)24-15-7-8-23-18(21)14(15)10-22/h5-9,12,28H,11H2,1-4H3,(H,23,24). The van der Waals surface area contributed by atoms with Crippen LogP contribution < -0.4 is 11.0 Å². The van der Waals surface area contributed by atoms with Crippen molar-refractivity contribution in [1.82, 2.24) is 14.1 Å². The molecule has 0 aliphatic heterocycles. The Balaban J connectivity index is 2.06. The Morgan fingerprint density at radius 2 is 2.07 bits per heavy atom. The molecule has 2 aromatic heterocycles. The first-order valence-corrected chi connectivity index (χ1v) is 9.24. The number of nitrogens with one attached hydrogen (secondary N) is 1. The van der Waals surface area contributed by atoms with E-state index in [2.05, 4.69) is 10.3 Å². The van der Waals surface area contributed by atoms with Crippen LogP contribution in [0.1, 0.15) is 26.3 Å². The largest absolute Gasteiger partial charge is 0.390 e. The molecule has 3 rings (SSSR count). The lowest BCUT2D eigenvalue weighted by molar-refractivity contribution is 0.0177. The van der Waals surface area contributed by atoms with Crippen molar-refractivity contribution >= 4 is 34.0 Å². The molecule has 0 amide bonds. The van der Waals surface area contributed by atoms with Crippen LogP contribution in [0.15, 0.2) is 35.3 Å². The minimum atomic E-state index is -0.910. The maximum absolute atomic E-state index is 12.7. The summed E-state index contributed by atoms with van der Waals surface area (Å²) in [6, 6.07) is 9.25. The van der Waals surface area contributed by atoms with Gasteiger partial charge in [0.05, 0.1) is 22.3 Å². The molecular formula is C20H22ClN5O2. The van der Waals surface area contributed by atoms with Gasteiger partial charge in [0.15, 0.2) is 0 Å². The highest BCUT2D eigenvalue weighted by Crippen LogP contribution is 2.27. The van der Waals surface area contributed by atoms with E-state index >= 15 is 0 Å². The van der Waals surface area contributed by atoms with Gasteiger partial charge in [-0.15, -0.1) is 0 Å². The molecule has 0 aliphatic rings. The van der Waals surface area contributed by atoms with Crippen LogP contribution >= 0.6 is 11.6 Å². The molecule has 0 bridgehead atoms. The van der Waals surface area contributed by atoms with E-state index in [4.69, 9.17) is 11.6 Å². The van der Waals surface area contributed by atoms with Gasteiger partial charge in [0.25, 0.3) is 0 Å². The quantitative estimate of drug-likeness (QED) is 0.641. The molecule has 0 radical (unpaired) electrons. The molecule has 2 N–H and O–H groups in total. The summed E-state index contributed by atoms with van der Waals surface area (Å²) >= 11 is 5.99. The predicted octanol–water partition coefficient (Wildman–Crippen LogP) is 3.41. The van der Waals surface area contributed by atoms with E-state index in [9.17, 15) is 15.2 Å². The summed E-state index contributed by atoms with van der Waals surface area (Å²) in [5, 5.41) is 22.9. The Morgan fingerprint density at radius 1 is 1.36 bits per heavy atom. The van der Waals surface area contributed by atoms with Crippen molar-refractivity contribution < 1.29 is 5.11 Å². The second-order valence-corrected chi connectivity index (χ2v) is 7.83. The number of aliphatic hydroxyl groups is 1. The Morgan fingerprint density at radius 3 is 2.71 bits per heavy atom. The van der Waals surface area contributed by atoms with Crippen molar-refractivity contribution in [3.05, 3.63) is 51.7 Å². The van der Waals surface area contributed by atoms with Crippen LogP contribution in [-0.2, 0) is 13.6 Å². The fourth-order valence-corrected chi connectivity index (χ4v) is 3.16. The smallest absolute Gasteiger partial charge is 0.328 e. The Labute approximate surface area is 167 Å². The van der Waals surface area contributed by atoms with Gasteiger partial charge in [0.2, 0.25) is 0 Å². The van der Waals surface area contributed by atoms with Crippen LogP contribution in [0.25, 0.3) is 11.0 Å². The maximum Gasteiger partial charge on any atom is 0.328 e. The number of aryl methyl sites for hydroxylation is 1. The van der Waals surface area contributed by atoms with E-state index < -0.39 is 5.60 Å². The third kappa shape index (κ3) is 3.61. The Hall–Kier alpha value is -2.82. The summed E-state index contributed by atoms with van der Waals surface area (Å²) in [5.74, 6) is -0.128. The van der Waals surface area contributed by atoms with Gasteiger partial charge in [0.1, 0.15) is 16.8 Å². The average Bonchev–Trinajstić information content (AvgIpc) is 2.86. The number of rotatable bonds is 5. The number of nitrogens with zero attached hydrogens (tertiary/aromatic N) is 4. The minimum absolute atomic E-state index is 0.128. The SMILES string of the molecule is CC(Cn1c(=O)n(C)c2ccc(Nc3ccnc(Cl)c3C#N)cc21)C(C)(C)O. The molecule has 0 spiro atoms. The first-order valence-electron chi connectivity index (χ1n) is 8.86. The monoisotopic (exact) mass is 399 g/mol. The lowest BCUT2D eigenvalue weighted by atomic mass is 9.93. The van der Waals surface area contributed by atoms with Crippen molar-refractivity contribution in [2.45, 2.75) is 32.9 Å². The highest BCUT2D eigenvalue weighted by Gasteiger charge is 2.24. The molecular weight excluding hydrogens is 378 g/mol. The summed E-state index contributed by atoms with van der Waals surface area (Å²) in [6.45, 7) is 5.76. The Kier molecular flexibility index (Phi) is 5.20. The van der Waals surface area contributed by atoms with Crippen LogP contribution in [0.3, 0.4) is 0 Å². The van der Waals surface area contributed by atoms with Gasteiger partial charge >= 0.3 is 5.69 Å². The Bertz CT molecular complexity index is 1130. The third-order valence-corrected chi connectivity index (χ3v) is 5.39. The van der Waals surface area contributed by atoms with Crippen molar-refractivity contribution in [3.8, 4) is 6.07 Å². The summed E-state index contributed by atoms with van der Waals surface area (Å²) in [4.78, 5) is 16.6. The van der Waals surface area contributed by atoms with Crippen LogP contribution in [0.2, 0.25) is 5.15 Å². The third-order valence-electron chi connectivity index (χ3n) is 5.10. The number of benzene rings is 1. The average molecular weight is 400 g/mol. The van der Waals surface area contributed by atoms with Gasteiger partial charge in [-0.05, 0) is 38.1 Å². The lowest BCUT2D eigenvalue weighted by Gasteiger charge is -2.26. The number of imidazole rings is 1. The summed E-state index contributed by atoms with van der Waals surface area (Å²) in [5.41, 5.74) is 1.97. The summed E-state index contributed by atoms with van der Waals surface area (Å²) in [6.07, 6.45) is 1.52. The van der Waals surface area contributed by atoms with Gasteiger partial charge in [0, 0.05) is 31.4 Å². The molecule has 0 saturated carbocycles. The molecule has 1 atom stereocenters. The number of hydrogen-bond donors (Lipinski definition) is 2. The molecule has 7 nitrogen and oxygen atoms in total. The summed E-state index contributed by atoms with van der Waals surface area (Å²) < 4.78 is 3.24. The number of fused-ring (bicyclic) bond motifs is 1. The van der Waals surface area contributed by atoms with Crippen LogP contribution in [0.4, 0.5) is 11.4 Å². The van der Waals surface area contributed by atoms with Gasteiger partial charge in [-0.25, -0.2) is 9.78 Å². The van der Waals surface area contributed by atoms with Crippen molar-refractivity contribution in [2.75, 3.05) is 5.32 Å². The van der Waals surface area contributed by atoms with E-state index in [1.807, 2.05) is 31.2 Å². The molecule has 3 aromatic rings. The molecule has 0 saturated heterocycles. The molecule has 8 heteroatoms. The molecule has 0 fully saturated rings. The first-order chi connectivity index (χ1) is 13.1. The normalized spacial score (nSPS) is 12.8. The topological polar surface area (TPSA) is 95.9 Å². The second kappa shape index (κ2) is 7.30. The molecule has 0 aliphatic carbocycles. The van der Waals surface area contributed by atoms with Crippen molar-refractivity contribution in [1.29, 1.82) is 5.26 Å². The van der Waals surface area contributed by atoms with E-state index in [1.165, 1.54) is 6.20 Å². The first kappa shape index (κ1) is 19.9. The number of halogens is 1. The van der Waals surface area contributed by atoms with Crippen LogP contribution in [0, 0.1) is 17.2 Å². The lowest BCUT2D eigenvalue weighted by Crippen LogP contribution is -2.35. The zero-order valence-electron chi connectivity index (χ0n) is 16.2. The zero-order valence-corrected chi connectivity index (χ0v) is 16.9. The highest BCUT2D eigenvalue weighted by atomic mass is 35.5. The number of pyridine rings is 1. The van der Waals surface area contributed by atoms with Gasteiger partial charge in [-0.3, -0.25) is 9.13 Å². The molecule has 2 heterocycles. The van der Waals surface area contributed by atoms with Gasteiger partial charge < -0.3 is 10.4 Å². The zero-order chi connectivity index (χ0) is 20.6. The summed E-state index contributed by atoms with van der Waals surface area (Å²) in [7, 11) is 1.72. The predicted molar refractivity (Wildman–Crippen MR) is 110 cm³/mol.